The van der Waals surface area contributed by atoms with E-state index in [2.05, 4.69) is 0 Å². The number of anilines is 1. The number of amides is 1. The summed E-state index contributed by atoms with van der Waals surface area (Å²) < 4.78 is 10.9. The van der Waals surface area contributed by atoms with Gasteiger partial charge in [-0.1, -0.05) is 41.9 Å². The molecule has 0 unspecified atom stereocenters. The van der Waals surface area contributed by atoms with Crippen LogP contribution in [0.4, 0.5) is 11.4 Å². The molecule has 0 aromatic heterocycles. The third kappa shape index (κ3) is 6.77. The predicted octanol–water partition coefficient (Wildman–Crippen LogP) is 6.05. The second-order valence-electron chi connectivity index (χ2n) is 9.67. The SMILES string of the molecule is O=C(COC(=O)[C@@H]1CC(=O)N(c2ccc(Cl)cc2C(=O)c2ccccc2)C1)c1ccc(Oc2ccc([N+](=O)[O-])cc2)cc1. The Hall–Kier alpha value is -5.35. The topological polar surface area (TPSA) is 133 Å². The first-order valence-electron chi connectivity index (χ1n) is 13.1. The number of carbonyl (C=O) groups excluding carboxylic acids is 4. The van der Waals surface area contributed by atoms with Gasteiger partial charge in [0, 0.05) is 46.8 Å². The molecular weight excluding hydrogens is 576 g/mol. The van der Waals surface area contributed by atoms with E-state index in [4.69, 9.17) is 21.1 Å². The fourth-order valence-electron chi connectivity index (χ4n) is 4.59. The van der Waals surface area contributed by atoms with Crippen molar-refractivity contribution in [2.75, 3.05) is 18.1 Å². The van der Waals surface area contributed by atoms with Crippen LogP contribution in [-0.4, -0.2) is 41.5 Å². The lowest BCUT2D eigenvalue weighted by Gasteiger charge is -2.20. The summed E-state index contributed by atoms with van der Waals surface area (Å²) in [6.45, 7) is -0.540. The zero-order chi connectivity index (χ0) is 30.5. The van der Waals surface area contributed by atoms with Crippen LogP contribution in [0.15, 0.2) is 97.1 Å². The van der Waals surface area contributed by atoms with Gasteiger partial charge >= 0.3 is 5.97 Å². The molecule has 0 aliphatic carbocycles. The molecule has 0 bridgehead atoms. The molecule has 5 rings (SSSR count). The van der Waals surface area contributed by atoms with Crippen LogP contribution >= 0.6 is 11.6 Å². The highest BCUT2D eigenvalue weighted by atomic mass is 35.5. The van der Waals surface area contributed by atoms with Crippen molar-refractivity contribution in [1.82, 2.24) is 0 Å². The van der Waals surface area contributed by atoms with Crippen LogP contribution in [0.1, 0.15) is 32.7 Å². The Morgan fingerprint density at radius 2 is 1.53 bits per heavy atom. The number of ketones is 2. The lowest BCUT2D eigenvalue weighted by molar-refractivity contribution is -0.384. The number of ether oxygens (including phenoxy) is 2. The molecule has 0 saturated carbocycles. The number of benzene rings is 4. The van der Waals surface area contributed by atoms with Crippen LogP contribution in [0.5, 0.6) is 11.5 Å². The fourth-order valence-corrected chi connectivity index (χ4v) is 4.76. The Morgan fingerprint density at radius 3 is 2.19 bits per heavy atom. The highest BCUT2D eigenvalue weighted by Crippen LogP contribution is 2.32. The average Bonchev–Trinajstić information content (AvgIpc) is 3.41. The Labute approximate surface area is 250 Å². The first kappa shape index (κ1) is 29.2. The molecule has 43 heavy (non-hydrogen) atoms. The second-order valence-corrected chi connectivity index (χ2v) is 10.1. The molecule has 0 radical (unpaired) electrons. The molecule has 1 amide bonds. The maximum absolute atomic E-state index is 13.2. The van der Waals surface area contributed by atoms with Gasteiger partial charge in [0.1, 0.15) is 11.5 Å². The van der Waals surface area contributed by atoms with Gasteiger partial charge in [-0.25, -0.2) is 0 Å². The summed E-state index contributed by atoms with van der Waals surface area (Å²) in [5.74, 6) is -1.87. The van der Waals surface area contributed by atoms with E-state index in [1.54, 1.807) is 54.6 Å². The van der Waals surface area contributed by atoms with Crippen molar-refractivity contribution >= 4 is 46.4 Å². The molecule has 4 aromatic rings. The normalized spacial score (nSPS) is 14.3. The van der Waals surface area contributed by atoms with Crippen LogP contribution < -0.4 is 9.64 Å². The second kappa shape index (κ2) is 12.7. The molecule has 216 valence electrons. The van der Waals surface area contributed by atoms with E-state index in [0.717, 1.165) is 0 Å². The molecule has 1 fully saturated rings. The highest BCUT2D eigenvalue weighted by molar-refractivity contribution is 6.31. The van der Waals surface area contributed by atoms with Crippen molar-refractivity contribution in [2.45, 2.75) is 6.42 Å². The van der Waals surface area contributed by atoms with Crippen molar-refractivity contribution in [3.05, 3.63) is 129 Å². The minimum Gasteiger partial charge on any atom is -0.457 e. The van der Waals surface area contributed by atoms with E-state index in [1.807, 2.05) is 0 Å². The zero-order valence-corrected chi connectivity index (χ0v) is 23.2. The Kier molecular flexibility index (Phi) is 8.59. The van der Waals surface area contributed by atoms with Gasteiger partial charge in [-0.3, -0.25) is 29.3 Å². The lowest BCUT2D eigenvalue weighted by atomic mass is 10.0. The van der Waals surface area contributed by atoms with E-state index in [1.165, 1.54) is 47.4 Å². The van der Waals surface area contributed by atoms with Crippen molar-refractivity contribution < 1.29 is 33.6 Å². The highest BCUT2D eigenvalue weighted by Gasteiger charge is 2.38. The lowest BCUT2D eigenvalue weighted by Crippen LogP contribution is -2.28. The monoisotopic (exact) mass is 598 g/mol. The molecule has 0 spiro atoms. The van der Waals surface area contributed by atoms with E-state index in [9.17, 15) is 29.3 Å². The summed E-state index contributed by atoms with van der Waals surface area (Å²) in [6, 6.07) is 24.9. The van der Waals surface area contributed by atoms with Gasteiger partial charge in [0.05, 0.1) is 16.5 Å². The standard InChI is InChI=1S/C32H23ClN2O8/c33-23-8-15-28(27(17-23)31(38)21-4-2-1-3-5-21)34-18-22(16-30(34)37)32(39)42-19-29(36)20-6-11-25(12-7-20)43-26-13-9-24(10-14-26)35(40)41/h1-15,17,22H,16,18-19H2/t22-/m1/s1. The van der Waals surface area contributed by atoms with Crippen molar-refractivity contribution in [2.24, 2.45) is 5.92 Å². The first-order valence-corrected chi connectivity index (χ1v) is 13.5. The van der Waals surface area contributed by atoms with Crippen LogP contribution in [0.25, 0.3) is 0 Å². The number of hydrogen-bond acceptors (Lipinski definition) is 8. The minimum absolute atomic E-state index is 0.0166. The molecule has 1 saturated heterocycles. The number of non-ortho nitro benzene ring substituents is 1. The number of esters is 1. The van der Waals surface area contributed by atoms with Gasteiger partial charge in [-0.2, -0.15) is 0 Å². The van der Waals surface area contributed by atoms with Gasteiger partial charge in [-0.05, 0) is 54.6 Å². The molecule has 1 heterocycles. The number of rotatable bonds is 10. The van der Waals surface area contributed by atoms with E-state index in [-0.39, 0.29) is 41.5 Å². The van der Waals surface area contributed by atoms with E-state index < -0.39 is 29.2 Å². The number of nitrogens with zero attached hydrogens (tertiary/aromatic N) is 2. The fraction of sp³-hybridized carbons (Fsp3) is 0.125. The number of Topliss-reactive ketones (excluding diaryl/α,β-unsaturated/α-hetero) is 1. The van der Waals surface area contributed by atoms with Gasteiger partial charge in [0.25, 0.3) is 5.69 Å². The zero-order valence-electron chi connectivity index (χ0n) is 22.5. The Balaban J connectivity index is 1.19. The summed E-state index contributed by atoms with van der Waals surface area (Å²) >= 11 is 6.16. The van der Waals surface area contributed by atoms with E-state index in [0.29, 0.717) is 27.8 Å². The Morgan fingerprint density at radius 1 is 0.884 bits per heavy atom. The van der Waals surface area contributed by atoms with Crippen molar-refractivity contribution in [3.63, 3.8) is 0 Å². The number of nitro groups is 1. The first-order chi connectivity index (χ1) is 20.7. The minimum atomic E-state index is -0.826. The van der Waals surface area contributed by atoms with Gasteiger partial charge in [0.2, 0.25) is 5.91 Å². The molecule has 1 aliphatic heterocycles. The van der Waals surface area contributed by atoms with Gasteiger partial charge < -0.3 is 14.4 Å². The van der Waals surface area contributed by atoms with Crippen molar-refractivity contribution in [3.8, 4) is 11.5 Å². The van der Waals surface area contributed by atoms with E-state index >= 15 is 0 Å². The summed E-state index contributed by atoms with van der Waals surface area (Å²) in [6.07, 6.45) is -0.136. The van der Waals surface area contributed by atoms with Crippen LogP contribution in [0.3, 0.4) is 0 Å². The average molecular weight is 599 g/mol. The molecule has 1 atom stereocenters. The van der Waals surface area contributed by atoms with Gasteiger partial charge in [0.15, 0.2) is 18.2 Å². The maximum Gasteiger partial charge on any atom is 0.311 e. The third-order valence-corrected chi connectivity index (χ3v) is 7.03. The molecule has 0 N–H and O–H groups in total. The summed E-state index contributed by atoms with van der Waals surface area (Å²) in [7, 11) is 0. The number of halogens is 1. The van der Waals surface area contributed by atoms with Crippen molar-refractivity contribution in [1.29, 1.82) is 0 Å². The number of hydrogen-bond donors (Lipinski definition) is 0. The largest absolute Gasteiger partial charge is 0.457 e. The molecule has 10 nitrogen and oxygen atoms in total. The molecular formula is C32H23ClN2O8. The molecule has 4 aromatic carbocycles. The molecule has 1 aliphatic rings. The quantitative estimate of drug-likeness (QED) is 0.0932. The Bertz CT molecular complexity index is 1710. The molecule has 11 heteroatoms. The summed E-state index contributed by atoms with van der Waals surface area (Å²) in [4.78, 5) is 63.2. The maximum atomic E-state index is 13.2. The number of carbonyl (C=O) groups is 4. The van der Waals surface area contributed by atoms with Crippen LogP contribution in [0, 0.1) is 16.0 Å². The summed E-state index contributed by atoms with van der Waals surface area (Å²) in [5, 5.41) is 11.1. The van der Waals surface area contributed by atoms with Gasteiger partial charge in [-0.15, -0.1) is 0 Å². The number of nitro benzene ring substituents is 1. The van der Waals surface area contributed by atoms with Crippen LogP contribution in [-0.2, 0) is 14.3 Å². The summed E-state index contributed by atoms with van der Waals surface area (Å²) in [5.41, 5.74) is 1.21. The smallest absolute Gasteiger partial charge is 0.311 e. The van der Waals surface area contributed by atoms with Crippen LogP contribution in [0.2, 0.25) is 5.02 Å². The predicted molar refractivity (Wildman–Crippen MR) is 157 cm³/mol. The third-order valence-electron chi connectivity index (χ3n) is 6.79.